The molecule has 0 aromatic heterocycles. The molecule has 0 saturated carbocycles. The molecule has 0 radical (unpaired) electrons. The summed E-state index contributed by atoms with van der Waals surface area (Å²) in [5.74, 6) is -0.359. The number of hydrogen-bond donors (Lipinski definition) is 2. The van der Waals surface area contributed by atoms with Crippen molar-refractivity contribution < 1.29 is 9.18 Å². The zero-order valence-electron chi connectivity index (χ0n) is 12.0. The van der Waals surface area contributed by atoms with Crippen molar-refractivity contribution in [3.63, 3.8) is 0 Å². The number of benzene rings is 2. The van der Waals surface area contributed by atoms with E-state index in [0.717, 1.165) is 11.1 Å². The molecule has 2 rings (SSSR count). The van der Waals surface area contributed by atoms with Crippen LogP contribution in [0.15, 0.2) is 48.5 Å². The molecule has 0 aliphatic carbocycles. The largest absolute Gasteiger partial charge is 0.399 e. The summed E-state index contributed by atoms with van der Waals surface area (Å²) in [6.45, 7) is 1.84. The van der Waals surface area contributed by atoms with E-state index in [1.165, 1.54) is 12.1 Å². The van der Waals surface area contributed by atoms with Crippen LogP contribution in [0.5, 0.6) is 0 Å². The zero-order valence-corrected chi connectivity index (χ0v) is 12.0. The molecule has 0 saturated heterocycles. The van der Waals surface area contributed by atoms with Gasteiger partial charge in [0.15, 0.2) is 0 Å². The number of aryl methyl sites for hydroxylation is 1. The van der Waals surface area contributed by atoms with Crippen molar-refractivity contribution in [2.75, 3.05) is 5.73 Å². The molecular formula is C17H19FN2O. The average Bonchev–Trinajstić information content (AvgIpc) is 2.45. The molecule has 0 spiro atoms. The fourth-order valence-electron chi connectivity index (χ4n) is 2.18. The number of hydrogen-bond acceptors (Lipinski definition) is 2. The molecular weight excluding hydrogens is 267 g/mol. The van der Waals surface area contributed by atoms with Gasteiger partial charge >= 0.3 is 0 Å². The number of anilines is 1. The predicted octanol–water partition coefficient (Wildman–Crippen LogP) is 3.22. The lowest BCUT2D eigenvalue weighted by molar-refractivity contribution is -0.121. The molecule has 0 aliphatic heterocycles. The van der Waals surface area contributed by atoms with Gasteiger partial charge < -0.3 is 11.1 Å². The lowest BCUT2D eigenvalue weighted by atomic mass is 10.1. The number of carbonyl (C=O) groups is 1. The number of rotatable bonds is 5. The third-order valence-electron chi connectivity index (χ3n) is 3.32. The maximum absolute atomic E-state index is 13.1. The van der Waals surface area contributed by atoms with E-state index in [1.54, 1.807) is 12.1 Å². The molecule has 4 heteroatoms. The highest BCUT2D eigenvalue weighted by atomic mass is 19.1. The van der Waals surface area contributed by atoms with Crippen LogP contribution in [-0.4, -0.2) is 5.91 Å². The predicted molar refractivity (Wildman–Crippen MR) is 82.1 cm³/mol. The van der Waals surface area contributed by atoms with Gasteiger partial charge in [0.1, 0.15) is 5.82 Å². The van der Waals surface area contributed by atoms with E-state index in [4.69, 9.17) is 5.73 Å². The standard InChI is InChI=1S/C17H19FN2O/c1-12(14-5-3-6-15(18)11-14)20-17(21)9-8-13-4-2-7-16(19)10-13/h2-7,10-12H,8-9,19H2,1H3,(H,20,21)/t12-/m1/s1. The van der Waals surface area contributed by atoms with Crippen LogP contribution in [0.2, 0.25) is 0 Å². The van der Waals surface area contributed by atoms with E-state index in [1.807, 2.05) is 31.2 Å². The first-order valence-corrected chi connectivity index (χ1v) is 6.94. The summed E-state index contributed by atoms with van der Waals surface area (Å²) in [6.07, 6.45) is 1.01. The maximum Gasteiger partial charge on any atom is 0.220 e. The van der Waals surface area contributed by atoms with Crippen LogP contribution < -0.4 is 11.1 Å². The first kappa shape index (κ1) is 15.0. The van der Waals surface area contributed by atoms with Crippen LogP contribution in [0.4, 0.5) is 10.1 Å². The summed E-state index contributed by atoms with van der Waals surface area (Å²) in [6, 6.07) is 13.5. The number of nitrogens with two attached hydrogens (primary N) is 1. The maximum atomic E-state index is 13.1. The van der Waals surface area contributed by atoms with Crippen LogP contribution >= 0.6 is 0 Å². The van der Waals surface area contributed by atoms with Crippen molar-refractivity contribution in [1.82, 2.24) is 5.32 Å². The first-order chi connectivity index (χ1) is 10.0. The van der Waals surface area contributed by atoms with Gasteiger partial charge in [-0.3, -0.25) is 4.79 Å². The summed E-state index contributed by atoms with van der Waals surface area (Å²) in [7, 11) is 0. The van der Waals surface area contributed by atoms with Crippen LogP contribution in [0.25, 0.3) is 0 Å². The highest BCUT2D eigenvalue weighted by Gasteiger charge is 2.10. The van der Waals surface area contributed by atoms with Gasteiger partial charge in [0.25, 0.3) is 0 Å². The van der Waals surface area contributed by atoms with Gasteiger partial charge in [-0.25, -0.2) is 4.39 Å². The Balaban J connectivity index is 1.87. The second-order valence-electron chi connectivity index (χ2n) is 5.09. The molecule has 3 nitrogen and oxygen atoms in total. The van der Waals surface area contributed by atoms with Gasteiger partial charge in [-0.1, -0.05) is 24.3 Å². The Hall–Kier alpha value is -2.36. The Bertz CT molecular complexity index is 628. The van der Waals surface area contributed by atoms with Gasteiger partial charge in [0, 0.05) is 12.1 Å². The molecule has 110 valence electrons. The molecule has 0 fully saturated rings. The summed E-state index contributed by atoms with van der Waals surface area (Å²) in [4.78, 5) is 11.9. The van der Waals surface area contributed by atoms with E-state index in [-0.39, 0.29) is 17.8 Å². The number of halogens is 1. The quantitative estimate of drug-likeness (QED) is 0.829. The number of nitrogen functional groups attached to an aromatic ring is 1. The van der Waals surface area contributed by atoms with Crippen LogP contribution in [0.1, 0.15) is 30.5 Å². The zero-order chi connectivity index (χ0) is 15.2. The van der Waals surface area contributed by atoms with Crippen molar-refractivity contribution >= 4 is 11.6 Å². The van der Waals surface area contributed by atoms with Crippen molar-refractivity contribution in [3.8, 4) is 0 Å². The van der Waals surface area contributed by atoms with Gasteiger partial charge in [-0.05, 0) is 48.7 Å². The molecule has 1 atom stereocenters. The topological polar surface area (TPSA) is 55.1 Å². The minimum atomic E-state index is -0.298. The monoisotopic (exact) mass is 286 g/mol. The SMILES string of the molecule is C[C@@H](NC(=O)CCc1cccc(N)c1)c1cccc(F)c1. The average molecular weight is 286 g/mol. The molecule has 3 N–H and O–H groups in total. The molecule has 0 heterocycles. The lowest BCUT2D eigenvalue weighted by Gasteiger charge is -2.14. The minimum absolute atomic E-state index is 0.0609. The molecule has 2 aromatic rings. The summed E-state index contributed by atoms with van der Waals surface area (Å²) >= 11 is 0. The second-order valence-corrected chi connectivity index (χ2v) is 5.09. The number of carbonyl (C=O) groups excluding carboxylic acids is 1. The Kier molecular flexibility index (Phi) is 4.93. The van der Waals surface area contributed by atoms with Gasteiger partial charge in [0.2, 0.25) is 5.91 Å². The van der Waals surface area contributed by atoms with Crippen molar-refractivity contribution in [1.29, 1.82) is 0 Å². The van der Waals surface area contributed by atoms with E-state index in [2.05, 4.69) is 5.32 Å². The lowest BCUT2D eigenvalue weighted by Crippen LogP contribution is -2.26. The Morgan fingerprint density at radius 2 is 2.00 bits per heavy atom. The highest BCUT2D eigenvalue weighted by Crippen LogP contribution is 2.14. The number of amides is 1. The van der Waals surface area contributed by atoms with Crippen LogP contribution in [-0.2, 0) is 11.2 Å². The highest BCUT2D eigenvalue weighted by molar-refractivity contribution is 5.76. The fraction of sp³-hybridized carbons (Fsp3) is 0.235. The van der Waals surface area contributed by atoms with E-state index in [0.29, 0.717) is 18.5 Å². The Labute approximate surface area is 124 Å². The summed E-state index contributed by atoms with van der Waals surface area (Å²) in [5, 5.41) is 2.87. The third-order valence-corrected chi connectivity index (χ3v) is 3.32. The summed E-state index contributed by atoms with van der Waals surface area (Å²) in [5.41, 5.74) is 8.18. The number of nitrogens with one attached hydrogen (secondary N) is 1. The smallest absolute Gasteiger partial charge is 0.220 e. The van der Waals surface area contributed by atoms with Crippen molar-refractivity contribution in [3.05, 3.63) is 65.5 Å². The van der Waals surface area contributed by atoms with Crippen molar-refractivity contribution in [2.45, 2.75) is 25.8 Å². The third kappa shape index (κ3) is 4.60. The normalized spacial score (nSPS) is 11.9. The molecule has 21 heavy (non-hydrogen) atoms. The Morgan fingerprint density at radius 3 is 2.71 bits per heavy atom. The van der Waals surface area contributed by atoms with Gasteiger partial charge in [0.05, 0.1) is 6.04 Å². The molecule has 1 amide bonds. The van der Waals surface area contributed by atoms with E-state index in [9.17, 15) is 9.18 Å². The van der Waals surface area contributed by atoms with Crippen molar-refractivity contribution in [2.24, 2.45) is 0 Å². The van der Waals surface area contributed by atoms with E-state index >= 15 is 0 Å². The molecule has 0 aliphatic rings. The fourth-order valence-corrected chi connectivity index (χ4v) is 2.18. The van der Waals surface area contributed by atoms with Crippen LogP contribution in [0, 0.1) is 5.82 Å². The molecule has 0 bridgehead atoms. The summed E-state index contributed by atoms with van der Waals surface area (Å²) < 4.78 is 13.1. The molecule has 2 aromatic carbocycles. The molecule has 0 unspecified atom stereocenters. The Morgan fingerprint density at radius 1 is 1.24 bits per heavy atom. The van der Waals surface area contributed by atoms with Gasteiger partial charge in [-0.2, -0.15) is 0 Å². The van der Waals surface area contributed by atoms with Gasteiger partial charge in [-0.15, -0.1) is 0 Å². The van der Waals surface area contributed by atoms with Crippen LogP contribution in [0.3, 0.4) is 0 Å². The first-order valence-electron chi connectivity index (χ1n) is 6.94. The second kappa shape index (κ2) is 6.88. The van der Waals surface area contributed by atoms with E-state index < -0.39 is 0 Å². The minimum Gasteiger partial charge on any atom is -0.399 e.